The molecule has 1 aliphatic carbocycles. The number of ketones is 1. The van der Waals surface area contributed by atoms with Crippen LogP contribution in [-0.4, -0.2) is 67.6 Å². The van der Waals surface area contributed by atoms with E-state index in [1.54, 1.807) is 6.92 Å². The summed E-state index contributed by atoms with van der Waals surface area (Å²) < 4.78 is 4.87. The molecule has 0 aromatic heterocycles. The van der Waals surface area contributed by atoms with Gasteiger partial charge in [-0.25, -0.2) is 4.79 Å². The second-order valence-corrected chi connectivity index (χ2v) is 7.89. The number of nitrogens with one attached hydrogen (secondary N) is 2. The maximum Gasteiger partial charge on any atom is 0.356 e. The topological polar surface area (TPSA) is 103 Å². The fourth-order valence-corrected chi connectivity index (χ4v) is 3.97. The van der Waals surface area contributed by atoms with Gasteiger partial charge in [0.15, 0.2) is 0 Å². The van der Waals surface area contributed by atoms with E-state index in [4.69, 9.17) is 10.1 Å². The number of allylic oxidation sites excluding steroid dienone is 1. The van der Waals surface area contributed by atoms with Crippen molar-refractivity contribution in [2.24, 2.45) is 0 Å². The number of esters is 1. The minimum atomic E-state index is -0.750. The summed E-state index contributed by atoms with van der Waals surface area (Å²) in [5.74, 6) is -0.893. The third kappa shape index (κ3) is 5.13. The number of hydrogen-bond donors (Lipinski definition) is 2. The molecule has 1 aliphatic heterocycles. The van der Waals surface area contributed by atoms with Crippen LogP contribution in [0.4, 0.5) is 5.69 Å². The lowest BCUT2D eigenvalue weighted by Gasteiger charge is -2.37. The number of aryl methyl sites for hydroxylation is 1. The Labute approximate surface area is 182 Å². The van der Waals surface area contributed by atoms with Crippen molar-refractivity contribution in [2.75, 3.05) is 44.2 Å². The van der Waals surface area contributed by atoms with Crippen LogP contribution in [0, 0.1) is 19.3 Å². The maximum absolute atomic E-state index is 12.7. The van der Waals surface area contributed by atoms with Gasteiger partial charge in [0.25, 0.3) is 0 Å². The first kappa shape index (κ1) is 22.5. The van der Waals surface area contributed by atoms with E-state index >= 15 is 0 Å². The molecule has 1 heterocycles. The molecule has 31 heavy (non-hydrogen) atoms. The number of piperazine rings is 1. The monoisotopic (exact) mass is 426 g/mol. The zero-order valence-corrected chi connectivity index (χ0v) is 18.4. The Hall–Kier alpha value is -3.16. The zero-order chi connectivity index (χ0) is 22.5. The third-order valence-electron chi connectivity index (χ3n) is 5.90. The second-order valence-electron chi connectivity index (χ2n) is 7.89. The molecule has 0 spiro atoms. The molecule has 0 unspecified atom stereocenters. The van der Waals surface area contributed by atoms with Gasteiger partial charge in [-0.1, -0.05) is 12.1 Å². The number of amides is 1. The van der Waals surface area contributed by atoms with E-state index in [1.165, 1.54) is 16.8 Å². The lowest BCUT2D eigenvalue weighted by Crippen LogP contribution is -2.51. The van der Waals surface area contributed by atoms with Crippen molar-refractivity contribution >= 4 is 29.1 Å². The standard InChI is InChI=1S/C23H30N4O4/c1-4-31-23(30)22(24)18-12-17(28)13-19(18)25-14-21(29)27-10-8-26(9-11-27)20-7-5-6-15(2)16(20)3/h5-7,24-25H,4,8-14H2,1-3H3. The van der Waals surface area contributed by atoms with Gasteiger partial charge < -0.3 is 19.9 Å². The molecule has 8 heteroatoms. The largest absolute Gasteiger partial charge is 0.461 e. The van der Waals surface area contributed by atoms with Crippen LogP contribution in [0.3, 0.4) is 0 Å². The summed E-state index contributed by atoms with van der Waals surface area (Å²) in [6.07, 6.45) is 0.119. The summed E-state index contributed by atoms with van der Waals surface area (Å²) in [6, 6.07) is 6.27. The first-order valence-corrected chi connectivity index (χ1v) is 10.6. The average Bonchev–Trinajstić information content (AvgIpc) is 3.14. The third-order valence-corrected chi connectivity index (χ3v) is 5.90. The molecule has 166 valence electrons. The molecule has 1 aromatic carbocycles. The lowest BCUT2D eigenvalue weighted by atomic mass is 10.1. The zero-order valence-electron chi connectivity index (χ0n) is 18.4. The minimum absolute atomic E-state index is 0.0166. The van der Waals surface area contributed by atoms with Gasteiger partial charge in [0.05, 0.1) is 13.2 Å². The Kier molecular flexibility index (Phi) is 7.09. The van der Waals surface area contributed by atoms with Gasteiger partial charge in [-0.3, -0.25) is 15.0 Å². The van der Waals surface area contributed by atoms with Crippen molar-refractivity contribution in [3.63, 3.8) is 0 Å². The molecule has 0 radical (unpaired) electrons. The summed E-state index contributed by atoms with van der Waals surface area (Å²) in [6.45, 7) is 8.85. The molecule has 1 amide bonds. The Morgan fingerprint density at radius 1 is 1.13 bits per heavy atom. The molecular weight excluding hydrogens is 396 g/mol. The molecule has 8 nitrogen and oxygen atoms in total. The van der Waals surface area contributed by atoms with Gasteiger partial charge in [0.1, 0.15) is 11.5 Å². The average molecular weight is 427 g/mol. The van der Waals surface area contributed by atoms with Gasteiger partial charge in [-0.05, 0) is 38.0 Å². The van der Waals surface area contributed by atoms with Crippen LogP contribution in [-0.2, 0) is 19.1 Å². The van der Waals surface area contributed by atoms with Crippen LogP contribution in [0.2, 0.25) is 0 Å². The van der Waals surface area contributed by atoms with E-state index in [0.717, 1.165) is 13.1 Å². The number of carbonyl (C=O) groups excluding carboxylic acids is 3. The van der Waals surface area contributed by atoms with Crippen molar-refractivity contribution in [1.82, 2.24) is 10.2 Å². The predicted octanol–water partition coefficient (Wildman–Crippen LogP) is 1.74. The van der Waals surface area contributed by atoms with E-state index in [2.05, 4.69) is 42.3 Å². The number of benzene rings is 1. The SMILES string of the molecule is CCOC(=O)C(=N)C1=C(NCC(=O)N2CCN(c3cccc(C)c3C)CC2)CC(=O)C1. The highest BCUT2D eigenvalue weighted by molar-refractivity contribution is 6.43. The number of rotatable bonds is 7. The van der Waals surface area contributed by atoms with E-state index in [0.29, 0.717) is 24.4 Å². The summed E-state index contributed by atoms with van der Waals surface area (Å²) in [5.41, 5.74) is 4.22. The molecule has 0 saturated carbocycles. The first-order chi connectivity index (χ1) is 14.8. The quantitative estimate of drug-likeness (QED) is 0.509. The van der Waals surface area contributed by atoms with Gasteiger partial charge in [-0.15, -0.1) is 0 Å². The Morgan fingerprint density at radius 3 is 2.52 bits per heavy atom. The highest BCUT2D eigenvalue weighted by Crippen LogP contribution is 2.24. The molecule has 0 atom stereocenters. The van der Waals surface area contributed by atoms with Crippen molar-refractivity contribution < 1.29 is 19.1 Å². The highest BCUT2D eigenvalue weighted by atomic mass is 16.5. The number of nitrogens with zero attached hydrogens (tertiary/aromatic N) is 2. The van der Waals surface area contributed by atoms with Crippen LogP contribution >= 0.6 is 0 Å². The molecule has 3 rings (SSSR count). The Morgan fingerprint density at radius 2 is 1.84 bits per heavy atom. The summed E-state index contributed by atoms with van der Waals surface area (Å²) in [7, 11) is 0. The summed E-state index contributed by atoms with van der Waals surface area (Å²) in [4.78, 5) is 40.6. The summed E-state index contributed by atoms with van der Waals surface area (Å²) in [5, 5.41) is 11.0. The van der Waals surface area contributed by atoms with Crippen molar-refractivity contribution in [3.05, 3.63) is 40.6 Å². The molecule has 1 aromatic rings. The van der Waals surface area contributed by atoms with Crippen LogP contribution in [0.1, 0.15) is 30.9 Å². The maximum atomic E-state index is 12.7. The fourth-order valence-electron chi connectivity index (χ4n) is 3.97. The molecule has 1 fully saturated rings. The molecular formula is C23H30N4O4. The number of ether oxygens (including phenoxy) is 1. The normalized spacial score (nSPS) is 16.5. The summed E-state index contributed by atoms with van der Waals surface area (Å²) >= 11 is 0. The van der Waals surface area contributed by atoms with E-state index in [9.17, 15) is 14.4 Å². The lowest BCUT2D eigenvalue weighted by molar-refractivity contribution is -0.135. The minimum Gasteiger partial charge on any atom is -0.461 e. The van der Waals surface area contributed by atoms with E-state index in [1.807, 2.05) is 4.90 Å². The molecule has 2 aliphatic rings. The van der Waals surface area contributed by atoms with Gasteiger partial charge in [-0.2, -0.15) is 0 Å². The van der Waals surface area contributed by atoms with Crippen molar-refractivity contribution in [3.8, 4) is 0 Å². The Bertz CT molecular complexity index is 930. The number of carbonyl (C=O) groups is 3. The number of hydrogen-bond acceptors (Lipinski definition) is 7. The van der Waals surface area contributed by atoms with Crippen LogP contribution in [0.15, 0.2) is 29.5 Å². The van der Waals surface area contributed by atoms with E-state index < -0.39 is 5.97 Å². The number of Topliss-reactive ketones (excluding diaryl/α,β-unsaturated/α-hetero) is 1. The first-order valence-electron chi connectivity index (χ1n) is 10.6. The van der Waals surface area contributed by atoms with Gasteiger partial charge in [0, 0.05) is 56.0 Å². The predicted molar refractivity (Wildman–Crippen MR) is 118 cm³/mol. The molecule has 0 bridgehead atoms. The van der Waals surface area contributed by atoms with Crippen LogP contribution in [0.25, 0.3) is 0 Å². The smallest absolute Gasteiger partial charge is 0.356 e. The van der Waals surface area contributed by atoms with E-state index in [-0.39, 0.29) is 43.4 Å². The highest BCUT2D eigenvalue weighted by Gasteiger charge is 2.29. The molecule has 1 saturated heterocycles. The fraction of sp³-hybridized carbons (Fsp3) is 0.478. The Balaban J connectivity index is 1.56. The van der Waals surface area contributed by atoms with Crippen LogP contribution < -0.4 is 10.2 Å². The second kappa shape index (κ2) is 9.76. The van der Waals surface area contributed by atoms with Crippen LogP contribution in [0.5, 0.6) is 0 Å². The van der Waals surface area contributed by atoms with Gasteiger partial charge >= 0.3 is 5.97 Å². The molecule has 2 N–H and O–H groups in total. The van der Waals surface area contributed by atoms with Crippen molar-refractivity contribution in [2.45, 2.75) is 33.6 Å². The van der Waals surface area contributed by atoms with Crippen molar-refractivity contribution in [1.29, 1.82) is 5.41 Å². The number of anilines is 1. The van der Waals surface area contributed by atoms with Gasteiger partial charge in [0.2, 0.25) is 5.91 Å².